The predicted molar refractivity (Wildman–Crippen MR) is 82.4 cm³/mol. The molecule has 0 fully saturated rings. The van der Waals surface area contributed by atoms with Crippen molar-refractivity contribution in [3.05, 3.63) is 52.7 Å². The molecule has 2 aromatic rings. The van der Waals surface area contributed by atoms with E-state index in [2.05, 4.69) is 10.3 Å². The first-order chi connectivity index (χ1) is 10.0. The quantitative estimate of drug-likeness (QED) is 0.843. The van der Waals surface area contributed by atoms with Gasteiger partial charge in [-0.2, -0.15) is 0 Å². The van der Waals surface area contributed by atoms with E-state index in [4.69, 9.17) is 16.7 Å². The van der Waals surface area contributed by atoms with E-state index >= 15 is 0 Å². The number of aromatic nitrogens is 1. The molecule has 2 rings (SSSR count). The molecule has 5 nitrogen and oxygen atoms in total. The van der Waals surface area contributed by atoms with Crippen molar-refractivity contribution in [3.63, 3.8) is 0 Å². The Bertz CT molecular complexity index is 706. The van der Waals surface area contributed by atoms with E-state index in [1.807, 2.05) is 6.26 Å². The second-order valence-electron chi connectivity index (χ2n) is 4.01. The fourth-order valence-corrected chi connectivity index (χ4v) is 2.44. The number of hydrogen-bond donors (Lipinski definition) is 2. The van der Waals surface area contributed by atoms with E-state index in [0.717, 1.165) is 0 Å². The molecule has 0 saturated carbocycles. The van der Waals surface area contributed by atoms with Crippen molar-refractivity contribution >= 4 is 40.9 Å². The molecule has 0 radical (unpaired) electrons. The van der Waals surface area contributed by atoms with Gasteiger partial charge in [0.15, 0.2) is 0 Å². The summed E-state index contributed by atoms with van der Waals surface area (Å²) >= 11 is 7.34. The molecule has 0 unspecified atom stereocenters. The third kappa shape index (κ3) is 3.53. The van der Waals surface area contributed by atoms with Crippen LogP contribution < -0.4 is 5.32 Å². The van der Waals surface area contributed by atoms with Crippen molar-refractivity contribution in [2.24, 2.45) is 0 Å². The molecule has 0 aliphatic heterocycles. The molecular weight excluding hydrogens is 312 g/mol. The summed E-state index contributed by atoms with van der Waals surface area (Å²) in [5.41, 5.74) is 0.843. The van der Waals surface area contributed by atoms with Gasteiger partial charge in [0.05, 0.1) is 21.8 Å². The second-order valence-corrected chi connectivity index (χ2v) is 5.22. The SMILES string of the molecule is CSc1ncccc1C(=O)Nc1ccc(C(=O)O)cc1Cl. The summed E-state index contributed by atoms with van der Waals surface area (Å²) in [7, 11) is 0. The number of aromatic carboxylic acids is 1. The van der Waals surface area contributed by atoms with Crippen LogP contribution in [0.15, 0.2) is 41.6 Å². The van der Waals surface area contributed by atoms with Gasteiger partial charge in [-0.3, -0.25) is 4.79 Å². The Balaban J connectivity index is 2.26. The minimum absolute atomic E-state index is 0.0594. The third-order valence-electron chi connectivity index (χ3n) is 2.67. The van der Waals surface area contributed by atoms with E-state index < -0.39 is 5.97 Å². The lowest BCUT2D eigenvalue weighted by Crippen LogP contribution is -2.14. The fraction of sp³-hybridized carbons (Fsp3) is 0.0714. The minimum Gasteiger partial charge on any atom is -0.478 e. The number of thioether (sulfide) groups is 1. The minimum atomic E-state index is -1.08. The Morgan fingerprint density at radius 3 is 2.71 bits per heavy atom. The highest BCUT2D eigenvalue weighted by Gasteiger charge is 2.14. The Kier molecular flexibility index (Phi) is 4.82. The second kappa shape index (κ2) is 6.60. The Morgan fingerprint density at radius 1 is 1.33 bits per heavy atom. The summed E-state index contributed by atoms with van der Waals surface area (Å²) in [6, 6.07) is 7.46. The Morgan fingerprint density at radius 2 is 2.10 bits per heavy atom. The number of nitrogens with zero attached hydrogens (tertiary/aromatic N) is 1. The maximum absolute atomic E-state index is 12.2. The maximum atomic E-state index is 12.2. The van der Waals surface area contributed by atoms with Crippen LogP contribution in [-0.4, -0.2) is 28.2 Å². The topological polar surface area (TPSA) is 79.3 Å². The molecule has 1 amide bonds. The maximum Gasteiger partial charge on any atom is 0.335 e. The van der Waals surface area contributed by atoms with Crippen LogP contribution in [-0.2, 0) is 0 Å². The Hall–Kier alpha value is -2.05. The van der Waals surface area contributed by atoms with Crippen molar-refractivity contribution in [2.45, 2.75) is 5.03 Å². The van der Waals surface area contributed by atoms with Gasteiger partial charge < -0.3 is 10.4 Å². The molecule has 0 atom stereocenters. The number of carbonyl (C=O) groups is 2. The molecule has 2 N–H and O–H groups in total. The summed E-state index contributed by atoms with van der Waals surface area (Å²) in [5, 5.41) is 12.3. The van der Waals surface area contributed by atoms with Gasteiger partial charge in [-0.05, 0) is 36.6 Å². The average molecular weight is 323 g/mol. The number of carbonyl (C=O) groups excluding carboxylic acids is 1. The molecule has 0 spiro atoms. The largest absolute Gasteiger partial charge is 0.478 e. The van der Waals surface area contributed by atoms with Crippen molar-refractivity contribution in [1.29, 1.82) is 0 Å². The molecule has 0 aliphatic rings. The molecular formula is C14H11ClN2O3S. The summed E-state index contributed by atoms with van der Waals surface area (Å²) in [4.78, 5) is 27.2. The van der Waals surface area contributed by atoms with Gasteiger partial charge in [-0.25, -0.2) is 9.78 Å². The standard InChI is InChI=1S/C14H11ClN2O3S/c1-21-13-9(3-2-6-16-13)12(18)17-11-5-4-8(14(19)20)7-10(11)15/h2-7H,1H3,(H,17,18)(H,19,20). The molecule has 108 valence electrons. The number of rotatable bonds is 4. The number of hydrogen-bond acceptors (Lipinski definition) is 4. The molecule has 21 heavy (non-hydrogen) atoms. The van der Waals surface area contributed by atoms with Gasteiger partial charge in [0.25, 0.3) is 5.91 Å². The lowest BCUT2D eigenvalue weighted by Gasteiger charge is -2.09. The van der Waals surface area contributed by atoms with E-state index in [1.54, 1.807) is 18.3 Å². The number of pyridine rings is 1. The number of benzene rings is 1. The van der Waals surface area contributed by atoms with Gasteiger partial charge in [-0.15, -0.1) is 11.8 Å². The number of carboxylic acids is 1. The van der Waals surface area contributed by atoms with Crippen LogP contribution in [0.1, 0.15) is 20.7 Å². The van der Waals surface area contributed by atoms with Gasteiger partial charge in [0.2, 0.25) is 0 Å². The van der Waals surface area contributed by atoms with Crippen LogP contribution in [0.25, 0.3) is 0 Å². The van der Waals surface area contributed by atoms with Crippen molar-refractivity contribution in [1.82, 2.24) is 4.98 Å². The Labute approximate surface area is 130 Å². The number of amides is 1. The van der Waals surface area contributed by atoms with Crippen LogP contribution in [0, 0.1) is 0 Å². The highest BCUT2D eigenvalue weighted by Crippen LogP contribution is 2.25. The average Bonchev–Trinajstić information content (AvgIpc) is 2.48. The van der Waals surface area contributed by atoms with Crippen molar-refractivity contribution < 1.29 is 14.7 Å². The van der Waals surface area contributed by atoms with Crippen LogP contribution in [0.3, 0.4) is 0 Å². The first-order valence-corrected chi connectivity index (χ1v) is 7.46. The summed E-state index contributed by atoms with van der Waals surface area (Å²) in [6.45, 7) is 0. The lowest BCUT2D eigenvalue weighted by molar-refractivity contribution is 0.0696. The van der Waals surface area contributed by atoms with Crippen LogP contribution in [0.2, 0.25) is 5.02 Å². The number of carboxylic acid groups (broad SMARTS) is 1. The highest BCUT2D eigenvalue weighted by molar-refractivity contribution is 7.98. The van der Waals surface area contributed by atoms with E-state index in [-0.39, 0.29) is 16.5 Å². The first kappa shape index (κ1) is 15.3. The zero-order chi connectivity index (χ0) is 15.4. The number of nitrogens with one attached hydrogen (secondary N) is 1. The third-order valence-corrected chi connectivity index (χ3v) is 3.70. The number of anilines is 1. The first-order valence-electron chi connectivity index (χ1n) is 5.86. The molecule has 0 saturated heterocycles. The van der Waals surface area contributed by atoms with Crippen molar-refractivity contribution in [2.75, 3.05) is 11.6 Å². The zero-order valence-electron chi connectivity index (χ0n) is 11.0. The summed E-state index contributed by atoms with van der Waals surface area (Å²) < 4.78 is 0. The summed E-state index contributed by atoms with van der Waals surface area (Å²) in [6.07, 6.45) is 3.44. The van der Waals surface area contributed by atoms with Crippen LogP contribution >= 0.6 is 23.4 Å². The smallest absolute Gasteiger partial charge is 0.335 e. The zero-order valence-corrected chi connectivity index (χ0v) is 12.5. The van der Waals surface area contributed by atoms with E-state index in [1.165, 1.54) is 30.0 Å². The van der Waals surface area contributed by atoms with Gasteiger partial charge in [0, 0.05) is 6.20 Å². The van der Waals surface area contributed by atoms with E-state index in [9.17, 15) is 9.59 Å². The van der Waals surface area contributed by atoms with Crippen LogP contribution in [0.5, 0.6) is 0 Å². The fourth-order valence-electron chi connectivity index (χ4n) is 1.67. The van der Waals surface area contributed by atoms with Crippen molar-refractivity contribution in [3.8, 4) is 0 Å². The normalized spacial score (nSPS) is 10.2. The monoisotopic (exact) mass is 322 g/mol. The number of halogens is 1. The molecule has 7 heteroatoms. The molecule has 0 bridgehead atoms. The summed E-state index contributed by atoms with van der Waals surface area (Å²) in [5.74, 6) is -1.43. The van der Waals surface area contributed by atoms with Crippen LogP contribution in [0.4, 0.5) is 5.69 Å². The molecule has 0 aliphatic carbocycles. The lowest BCUT2D eigenvalue weighted by atomic mass is 10.2. The van der Waals surface area contributed by atoms with E-state index in [0.29, 0.717) is 16.3 Å². The highest BCUT2D eigenvalue weighted by atomic mass is 35.5. The molecule has 1 heterocycles. The van der Waals surface area contributed by atoms with Gasteiger partial charge in [0.1, 0.15) is 5.03 Å². The van der Waals surface area contributed by atoms with Gasteiger partial charge >= 0.3 is 5.97 Å². The molecule has 1 aromatic carbocycles. The predicted octanol–water partition coefficient (Wildman–Crippen LogP) is 3.41. The molecule has 1 aromatic heterocycles. The van der Waals surface area contributed by atoms with Gasteiger partial charge in [-0.1, -0.05) is 11.6 Å².